The van der Waals surface area contributed by atoms with Crippen LogP contribution >= 0.6 is 11.3 Å². The second-order valence-corrected chi connectivity index (χ2v) is 7.18. The van der Waals surface area contributed by atoms with E-state index in [9.17, 15) is 4.79 Å². The van der Waals surface area contributed by atoms with E-state index in [1.165, 1.54) is 11.3 Å². The molecule has 1 amide bonds. The number of pyridine rings is 2. The van der Waals surface area contributed by atoms with E-state index < -0.39 is 0 Å². The molecule has 1 unspecified atom stereocenters. The molecule has 0 saturated heterocycles. The van der Waals surface area contributed by atoms with Crippen LogP contribution in [-0.4, -0.2) is 20.9 Å². The number of nitrogens with one attached hydrogen (secondary N) is 1. The lowest BCUT2D eigenvalue weighted by Crippen LogP contribution is -2.26. The Bertz CT molecular complexity index is 1100. The maximum atomic E-state index is 12.9. The van der Waals surface area contributed by atoms with Gasteiger partial charge in [0.05, 0.1) is 23.5 Å². The number of amides is 1. The van der Waals surface area contributed by atoms with Crippen LogP contribution in [0.1, 0.15) is 28.3 Å². The van der Waals surface area contributed by atoms with Gasteiger partial charge in [-0.1, -0.05) is 12.1 Å². The van der Waals surface area contributed by atoms with Gasteiger partial charge in [0.25, 0.3) is 5.91 Å². The van der Waals surface area contributed by atoms with E-state index in [2.05, 4.69) is 20.3 Å². The van der Waals surface area contributed by atoms with Gasteiger partial charge in [0.1, 0.15) is 16.5 Å². The van der Waals surface area contributed by atoms with Gasteiger partial charge in [0, 0.05) is 29.5 Å². The molecule has 1 atom stereocenters. The van der Waals surface area contributed by atoms with Gasteiger partial charge < -0.3 is 10.1 Å². The van der Waals surface area contributed by atoms with Crippen molar-refractivity contribution in [3.05, 3.63) is 89.3 Å². The van der Waals surface area contributed by atoms with Crippen LogP contribution in [0.2, 0.25) is 0 Å². The highest BCUT2D eigenvalue weighted by Crippen LogP contribution is 2.27. The molecule has 6 nitrogen and oxygen atoms in total. The highest BCUT2D eigenvalue weighted by atomic mass is 32.1. The number of ether oxygens (including phenoxy) is 1. The molecule has 4 aromatic rings. The molecule has 0 spiro atoms. The number of thiazole rings is 1. The van der Waals surface area contributed by atoms with Crippen molar-refractivity contribution in [1.82, 2.24) is 20.3 Å². The first-order chi connectivity index (χ1) is 14.2. The fourth-order valence-corrected chi connectivity index (χ4v) is 3.58. The van der Waals surface area contributed by atoms with Crippen LogP contribution < -0.4 is 10.1 Å². The van der Waals surface area contributed by atoms with E-state index in [1.54, 1.807) is 55.1 Å². The Morgan fingerprint density at radius 3 is 2.59 bits per heavy atom. The van der Waals surface area contributed by atoms with Crippen LogP contribution in [-0.2, 0) is 0 Å². The second-order valence-electron chi connectivity index (χ2n) is 6.29. The number of carbonyl (C=O) groups is 1. The van der Waals surface area contributed by atoms with Gasteiger partial charge >= 0.3 is 0 Å². The van der Waals surface area contributed by atoms with Crippen molar-refractivity contribution < 1.29 is 9.53 Å². The monoisotopic (exact) mass is 402 g/mol. The smallest absolute Gasteiger partial charge is 0.255 e. The number of carbonyl (C=O) groups excluding carboxylic acids is 1. The molecule has 0 fully saturated rings. The Kier molecular flexibility index (Phi) is 5.58. The van der Waals surface area contributed by atoms with Crippen LogP contribution in [0.25, 0.3) is 11.3 Å². The normalized spacial score (nSPS) is 11.6. The van der Waals surface area contributed by atoms with Crippen molar-refractivity contribution in [2.75, 3.05) is 0 Å². The highest BCUT2D eigenvalue weighted by molar-refractivity contribution is 7.10. The van der Waals surface area contributed by atoms with E-state index in [1.807, 2.05) is 30.5 Å². The number of benzene rings is 1. The van der Waals surface area contributed by atoms with Gasteiger partial charge in [0.2, 0.25) is 0 Å². The Morgan fingerprint density at radius 2 is 1.83 bits per heavy atom. The van der Waals surface area contributed by atoms with Crippen LogP contribution in [0.3, 0.4) is 0 Å². The van der Waals surface area contributed by atoms with Crippen LogP contribution in [0.15, 0.2) is 78.7 Å². The minimum absolute atomic E-state index is 0.227. The SMILES string of the molecule is CC(NC(=O)c1ccccc1Oc1cccnc1)c1nc(-c2cccnc2)cs1. The molecule has 29 heavy (non-hydrogen) atoms. The number of rotatable bonds is 6. The van der Waals surface area contributed by atoms with Crippen LogP contribution in [0.4, 0.5) is 0 Å². The lowest BCUT2D eigenvalue weighted by Gasteiger charge is -2.14. The maximum absolute atomic E-state index is 12.9. The average Bonchev–Trinajstić information content (AvgIpc) is 3.26. The Balaban J connectivity index is 1.49. The number of hydrogen-bond donors (Lipinski definition) is 1. The number of para-hydroxylation sites is 1. The van der Waals surface area contributed by atoms with E-state index in [0.717, 1.165) is 16.3 Å². The summed E-state index contributed by atoms with van der Waals surface area (Å²) in [4.78, 5) is 25.7. The molecule has 7 heteroatoms. The Morgan fingerprint density at radius 1 is 1.03 bits per heavy atom. The Labute approximate surface area is 172 Å². The van der Waals surface area contributed by atoms with Gasteiger partial charge in [-0.05, 0) is 43.3 Å². The zero-order valence-electron chi connectivity index (χ0n) is 15.6. The van der Waals surface area contributed by atoms with Crippen molar-refractivity contribution in [1.29, 1.82) is 0 Å². The minimum atomic E-state index is -0.246. The molecular formula is C22H18N4O2S. The number of aromatic nitrogens is 3. The average molecular weight is 402 g/mol. The summed E-state index contributed by atoms with van der Waals surface area (Å²) in [5.41, 5.74) is 2.25. The molecular weight excluding hydrogens is 384 g/mol. The van der Waals surface area contributed by atoms with Crippen molar-refractivity contribution >= 4 is 17.2 Å². The zero-order valence-corrected chi connectivity index (χ0v) is 16.5. The van der Waals surface area contributed by atoms with Gasteiger partial charge in [-0.2, -0.15) is 0 Å². The number of nitrogens with zero attached hydrogens (tertiary/aromatic N) is 3. The van der Waals surface area contributed by atoms with Crippen molar-refractivity contribution in [3.63, 3.8) is 0 Å². The van der Waals surface area contributed by atoms with Crippen molar-refractivity contribution in [2.24, 2.45) is 0 Å². The summed E-state index contributed by atoms with van der Waals surface area (Å²) in [7, 11) is 0. The molecule has 0 radical (unpaired) electrons. The van der Waals surface area contributed by atoms with Crippen LogP contribution in [0, 0.1) is 0 Å². The molecule has 3 aromatic heterocycles. The summed E-state index contributed by atoms with van der Waals surface area (Å²) in [6.45, 7) is 1.91. The third kappa shape index (κ3) is 4.47. The summed E-state index contributed by atoms with van der Waals surface area (Å²) in [6.07, 6.45) is 6.77. The quantitative estimate of drug-likeness (QED) is 0.497. The molecule has 0 aliphatic rings. The standard InChI is InChI=1S/C22H18N4O2S/c1-15(22-26-19(14-29-22)16-6-4-10-23-12-16)25-21(27)18-8-2-3-9-20(18)28-17-7-5-11-24-13-17/h2-15H,1H3,(H,25,27). The predicted molar refractivity (Wildman–Crippen MR) is 112 cm³/mol. The fraction of sp³-hybridized carbons (Fsp3) is 0.0909. The molecule has 3 heterocycles. The largest absolute Gasteiger partial charge is 0.455 e. The summed E-state index contributed by atoms with van der Waals surface area (Å²) < 4.78 is 5.84. The van der Waals surface area contributed by atoms with Gasteiger partial charge in [-0.15, -0.1) is 11.3 Å². The van der Waals surface area contributed by atoms with Crippen molar-refractivity contribution in [3.8, 4) is 22.8 Å². The lowest BCUT2D eigenvalue weighted by molar-refractivity contribution is 0.0937. The van der Waals surface area contributed by atoms with Gasteiger partial charge in [-0.3, -0.25) is 14.8 Å². The van der Waals surface area contributed by atoms with Gasteiger partial charge in [0.15, 0.2) is 0 Å². The summed E-state index contributed by atoms with van der Waals surface area (Å²) in [6, 6.07) is 14.3. The fourth-order valence-electron chi connectivity index (χ4n) is 2.75. The van der Waals surface area contributed by atoms with E-state index >= 15 is 0 Å². The first-order valence-corrected chi connectivity index (χ1v) is 9.92. The third-order valence-electron chi connectivity index (χ3n) is 4.19. The molecule has 0 saturated carbocycles. The Hall–Kier alpha value is -3.58. The first kappa shape index (κ1) is 18.8. The molecule has 4 rings (SSSR count). The van der Waals surface area contributed by atoms with Gasteiger partial charge in [-0.25, -0.2) is 4.98 Å². The molecule has 144 valence electrons. The molecule has 0 bridgehead atoms. The molecule has 1 aromatic carbocycles. The number of hydrogen-bond acceptors (Lipinski definition) is 6. The minimum Gasteiger partial charge on any atom is -0.455 e. The second kappa shape index (κ2) is 8.62. The highest BCUT2D eigenvalue weighted by Gasteiger charge is 2.18. The topological polar surface area (TPSA) is 77.0 Å². The molecule has 0 aliphatic heterocycles. The van der Waals surface area contributed by atoms with E-state index in [0.29, 0.717) is 17.1 Å². The lowest BCUT2D eigenvalue weighted by atomic mass is 10.1. The predicted octanol–water partition coefficient (Wildman–Crippen LogP) is 4.88. The third-order valence-corrected chi connectivity index (χ3v) is 5.22. The van der Waals surface area contributed by atoms with E-state index in [4.69, 9.17) is 4.74 Å². The molecule has 0 aliphatic carbocycles. The summed E-state index contributed by atoms with van der Waals surface area (Å²) in [5.74, 6) is 0.817. The maximum Gasteiger partial charge on any atom is 0.255 e. The first-order valence-electron chi connectivity index (χ1n) is 9.04. The zero-order chi connectivity index (χ0) is 20.1. The van der Waals surface area contributed by atoms with Crippen LogP contribution in [0.5, 0.6) is 11.5 Å². The molecule has 1 N–H and O–H groups in total. The summed E-state index contributed by atoms with van der Waals surface area (Å²) >= 11 is 1.50. The summed E-state index contributed by atoms with van der Waals surface area (Å²) in [5, 5.41) is 5.79. The van der Waals surface area contributed by atoms with E-state index in [-0.39, 0.29) is 11.9 Å². The van der Waals surface area contributed by atoms with Crippen molar-refractivity contribution in [2.45, 2.75) is 13.0 Å².